The van der Waals surface area contributed by atoms with E-state index in [1.165, 1.54) is 44.5 Å². The quantitative estimate of drug-likeness (QED) is 0.216. The van der Waals surface area contributed by atoms with E-state index in [0.29, 0.717) is 0 Å². The first kappa shape index (κ1) is 24.5. The summed E-state index contributed by atoms with van der Waals surface area (Å²) in [4.78, 5) is 2.37. The SMILES string of the molecule is COc1ccc(N(c2ccc(OC)cc2)c2cccc3c2C2(c4ccccc4-c4ccccc42)c2ccccc2-3)cc1. The average molecular weight is 544 g/mol. The van der Waals surface area contributed by atoms with Crippen LogP contribution in [0.3, 0.4) is 0 Å². The van der Waals surface area contributed by atoms with Crippen molar-refractivity contribution in [3.63, 3.8) is 0 Å². The van der Waals surface area contributed by atoms with Gasteiger partial charge in [-0.1, -0.05) is 84.9 Å². The van der Waals surface area contributed by atoms with E-state index in [1.807, 2.05) is 24.3 Å². The molecule has 0 N–H and O–H groups in total. The Bertz CT molecular complexity index is 1850. The summed E-state index contributed by atoms with van der Waals surface area (Å²) in [5.41, 5.74) is 13.2. The Hall–Kier alpha value is -5.28. The summed E-state index contributed by atoms with van der Waals surface area (Å²) in [5, 5.41) is 0. The van der Waals surface area contributed by atoms with Crippen molar-refractivity contribution in [3.8, 4) is 33.8 Å². The molecule has 1 spiro atoms. The predicted molar refractivity (Wildman–Crippen MR) is 171 cm³/mol. The molecule has 3 nitrogen and oxygen atoms in total. The Morgan fingerprint density at radius 3 is 1.29 bits per heavy atom. The molecular weight excluding hydrogens is 514 g/mol. The predicted octanol–water partition coefficient (Wildman–Crippen LogP) is 9.52. The zero-order chi connectivity index (χ0) is 28.3. The fourth-order valence-electron chi connectivity index (χ4n) is 7.21. The summed E-state index contributed by atoms with van der Waals surface area (Å²) >= 11 is 0. The van der Waals surface area contributed by atoms with Crippen molar-refractivity contribution in [1.82, 2.24) is 0 Å². The number of hydrogen-bond acceptors (Lipinski definition) is 3. The lowest BCUT2D eigenvalue weighted by atomic mass is 9.70. The number of methoxy groups -OCH3 is 2. The molecule has 8 rings (SSSR count). The zero-order valence-electron chi connectivity index (χ0n) is 23.5. The summed E-state index contributed by atoms with van der Waals surface area (Å²) in [6.45, 7) is 0. The van der Waals surface area contributed by atoms with Gasteiger partial charge >= 0.3 is 0 Å². The Kier molecular flexibility index (Phi) is 5.48. The molecule has 6 aromatic rings. The molecule has 0 radical (unpaired) electrons. The normalized spacial score (nSPS) is 13.2. The van der Waals surface area contributed by atoms with Gasteiger partial charge in [0, 0.05) is 16.9 Å². The van der Waals surface area contributed by atoms with Crippen molar-refractivity contribution < 1.29 is 9.47 Å². The largest absolute Gasteiger partial charge is 0.497 e. The maximum atomic E-state index is 5.53. The van der Waals surface area contributed by atoms with E-state index in [2.05, 4.69) is 120 Å². The van der Waals surface area contributed by atoms with Gasteiger partial charge in [-0.25, -0.2) is 0 Å². The van der Waals surface area contributed by atoms with Crippen LogP contribution in [0.2, 0.25) is 0 Å². The Morgan fingerprint density at radius 1 is 0.429 bits per heavy atom. The molecule has 0 heterocycles. The van der Waals surface area contributed by atoms with Crippen LogP contribution in [0.15, 0.2) is 140 Å². The lowest BCUT2D eigenvalue weighted by molar-refractivity contribution is 0.415. The van der Waals surface area contributed by atoms with Crippen molar-refractivity contribution >= 4 is 17.1 Å². The Labute approximate surface area is 246 Å². The number of nitrogens with zero attached hydrogens (tertiary/aromatic N) is 1. The molecule has 6 aromatic carbocycles. The minimum Gasteiger partial charge on any atom is -0.497 e. The fourth-order valence-corrected chi connectivity index (χ4v) is 7.21. The van der Waals surface area contributed by atoms with Gasteiger partial charge in [0.25, 0.3) is 0 Å². The van der Waals surface area contributed by atoms with Gasteiger partial charge in [0.15, 0.2) is 0 Å². The van der Waals surface area contributed by atoms with Gasteiger partial charge in [0.05, 0.1) is 25.3 Å². The third kappa shape index (κ3) is 3.28. The van der Waals surface area contributed by atoms with Crippen molar-refractivity contribution in [2.75, 3.05) is 19.1 Å². The van der Waals surface area contributed by atoms with E-state index >= 15 is 0 Å². The van der Waals surface area contributed by atoms with Crippen molar-refractivity contribution in [1.29, 1.82) is 0 Å². The van der Waals surface area contributed by atoms with Gasteiger partial charge in [-0.2, -0.15) is 0 Å². The molecule has 3 heteroatoms. The first-order chi connectivity index (χ1) is 20.8. The van der Waals surface area contributed by atoms with Crippen molar-refractivity contribution in [2.24, 2.45) is 0 Å². The highest BCUT2D eigenvalue weighted by atomic mass is 16.5. The average Bonchev–Trinajstić information content (AvgIpc) is 3.53. The second-order valence-electron chi connectivity index (χ2n) is 10.8. The second-order valence-corrected chi connectivity index (χ2v) is 10.8. The molecule has 0 bridgehead atoms. The minimum atomic E-state index is -0.451. The van der Waals surface area contributed by atoms with Gasteiger partial charge in [-0.15, -0.1) is 0 Å². The lowest BCUT2D eigenvalue weighted by Crippen LogP contribution is -2.28. The first-order valence-corrected chi connectivity index (χ1v) is 14.3. The van der Waals surface area contributed by atoms with E-state index in [1.54, 1.807) is 14.2 Å². The third-order valence-electron chi connectivity index (χ3n) is 8.89. The molecular formula is C39H29NO2. The second kappa shape index (κ2) is 9.39. The van der Waals surface area contributed by atoms with E-state index < -0.39 is 5.41 Å². The number of rotatable bonds is 5. The molecule has 42 heavy (non-hydrogen) atoms. The van der Waals surface area contributed by atoms with Crippen LogP contribution in [0, 0.1) is 0 Å². The van der Waals surface area contributed by atoms with Gasteiger partial charge in [-0.3, -0.25) is 0 Å². The molecule has 2 aliphatic carbocycles. The summed E-state index contributed by atoms with van der Waals surface area (Å²) in [5.74, 6) is 1.66. The van der Waals surface area contributed by atoms with Crippen LogP contribution in [0.5, 0.6) is 11.5 Å². The van der Waals surface area contributed by atoms with Gasteiger partial charge < -0.3 is 14.4 Å². The number of fused-ring (bicyclic) bond motifs is 10. The van der Waals surface area contributed by atoms with Crippen LogP contribution in [0.1, 0.15) is 22.3 Å². The number of anilines is 3. The zero-order valence-corrected chi connectivity index (χ0v) is 23.5. The van der Waals surface area contributed by atoms with Gasteiger partial charge in [-0.05, 0) is 93.5 Å². The smallest absolute Gasteiger partial charge is 0.119 e. The maximum Gasteiger partial charge on any atom is 0.119 e. The highest BCUT2D eigenvalue weighted by molar-refractivity contribution is 5.99. The summed E-state index contributed by atoms with van der Waals surface area (Å²) < 4.78 is 11.1. The lowest BCUT2D eigenvalue weighted by Gasteiger charge is -2.35. The molecule has 202 valence electrons. The maximum absolute atomic E-state index is 5.53. The standard InChI is InChI=1S/C39H29NO2/c1-41-28-22-18-26(19-23-28)40(27-20-24-29(42-2)25-21-27)37-17-9-13-33-32-12-5-8-16-36(32)39(38(33)37)34-14-6-3-10-30(34)31-11-4-7-15-35(31)39/h3-25H,1-2H3. The van der Waals surface area contributed by atoms with Crippen molar-refractivity contribution in [3.05, 3.63) is 162 Å². The topological polar surface area (TPSA) is 21.7 Å². The molecule has 0 unspecified atom stereocenters. The van der Waals surface area contributed by atoms with E-state index in [-0.39, 0.29) is 0 Å². The molecule has 0 saturated heterocycles. The van der Waals surface area contributed by atoms with Crippen molar-refractivity contribution in [2.45, 2.75) is 5.41 Å². The number of hydrogen-bond donors (Lipinski definition) is 0. The van der Waals surface area contributed by atoms with Crippen LogP contribution >= 0.6 is 0 Å². The molecule has 0 fully saturated rings. The first-order valence-electron chi connectivity index (χ1n) is 14.3. The van der Waals surface area contributed by atoms with E-state index in [4.69, 9.17) is 9.47 Å². The molecule has 0 aromatic heterocycles. The van der Waals surface area contributed by atoms with Crippen LogP contribution < -0.4 is 14.4 Å². The van der Waals surface area contributed by atoms with E-state index in [9.17, 15) is 0 Å². The third-order valence-corrected chi connectivity index (χ3v) is 8.89. The Balaban J connectivity index is 1.49. The van der Waals surface area contributed by atoms with E-state index in [0.717, 1.165) is 28.6 Å². The number of benzene rings is 6. The summed E-state index contributed by atoms with van der Waals surface area (Å²) in [7, 11) is 3.41. The van der Waals surface area contributed by atoms with Crippen LogP contribution in [-0.2, 0) is 5.41 Å². The molecule has 0 atom stereocenters. The fraction of sp³-hybridized carbons (Fsp3) is 0.0769. The number of ether oxygens (including phenoxy) is 2. The molecule has 0 saturated carbocycles. The van der Waals surface area contributed by atoms with Gasteiger partial charge in [0.1, 0.15) is 11.5 Å². The van der Waals surface area contributed by atoms with Crippen LogP contribution in [-0.4, -0.2) is 14.2 Å². The van der Waals surface area contributed by atoms with Gasteiger partial charge in [0.2, 0.25) is 0 Å². The highest BCUT2D eigenvalue weighted by Crippen LogP contribution is 2.65. The molecule has 0 amide bonds. The van der Waals surface area contributed by atoms with Crippen LogP contribution in [0.25, 0.3) is 22.3 Å². The highest BCUT2D eigenvalue weighted by Gasteiger charge is 2.53. The molecule has 0 aliphatic heterocycles. The molecule has 2 aliphatic rings. The minimum absolute atomic E-state index is 0.451. The summed E-state index contributed by atoms with van der Waals surface area (Å²) in [6.07, 6.45) is 0. The summed E-state index contributed by atoms with van der Waals surface area (Å²) in [6, 6.07) is 50.2. The monoisotopic (exact) mass is 543 g/mol. The Morgan fingerprint density at radius 2 is 0.833 bits per heavy atom. The van der Waals surface area contributed by atoms with Crippen LogP contribution in [0.4, 0.5) is 17.1 Å².